The molecule has 0 spiro atoms. The van der Waals surface area contributed by atoms with Crippen LogP contribution in [0.25, 0.3) is 11.1 Å². The zero-order valence-electron chi connectivity index (χ0n) is 16.3. The smallest absolute Gasteiger partial charge is 0.249 e. The fourth-order valence-corrected chi connectivity index (χ4v) is 2.72. The van der Waals surface area contributed by atoms with Crippen LogP contribution in [-0.4, -0.2) is 42.7 Å². The molecule has 5 nitrogen and oxygen atoms in total. The lowest BCUT2D eigenvalue weighted by molar-refractivity contribution is -0.112. The van der Waals surface area contributed by atoms with Crippen molar-refractivity contribution < 1.29 is 9.59 Å². The first-order valence-corrected chi connectivity index (χ1v) is 9.04. The van der Waals surface area contributed by atoms with Gasteiger partial charge in [0.15, 0.2) is 0 Å². The summed E-state index contributed by atoms with van der Waals surface area (Å²) < 4.78 is 0. The van der Waals surface area contributed by atoms with Gasteiger partial charge >= 0.3 is 0 Å². The lowest BCUT2D eigenvalue weighted by Gasteiger charge is -2.15. The van der Waals surface area contributed by atoms with Crippen molar-refractivity contribution in [1.29, 1.82) is 0 Å². The summed E-state index contributed by atoms with van der Waals surface area (Å²) in [5, 5.41) is 2.75. The van der Waals surface area contributed by atoms with Crippen molar-refractivity contribution in [3.8, 4) is 11.1 Å². The molecule has 27 heavy (non-hydrogen) atoms. The van der Waals surface area contributed by atoms with Gasteiger partial charge in [-0.25, -0.2) is 4.98 Å². The van der Waals surface area contributed by atoms with Gasteiger partial charge in [0.25, 0.3) is 0 Å². The van der Waals surface area contributed by atoms with E-state index in [0.29, 0.717) is 12.4 Å². The van der Waals surface area contributed by atoms with Gasteiger partial charge in [-0.1, -0.05) is 44.2 Å². The third kappa shape index (κ3) is 6.15. The molecule has 142 valence electrons. The number of hydrogen-bond acceptors (Lipinski definition) is 4. The highest BCUT2D eigenvalue weighted by molar-refractivity contribution is 5.98. The van der Waals surface area contributed by atoms with E-state index in [-0.39, 0.29) is 17.7 Å². The van der Waals surface area contributed by atoms with Crippen LogP contribution < -0.4 is 5.32 Å². The Morgan fingerprint density at radius 1 is 1.19 bits per heavy atom. The number of aldehydes is 1. The standard InChI is InChI=1S/C22H27N3O2/c1-16(2)20(15-26)18-8-5-7-17(13-18)19-10-11-21(23-14-19)24-22(27)9-6-12-25(3)4/h5-11,13-16,20H,12H2,1-4H3,(H,23,24,27)/b9-6+. The molecule has 1 amide bonds. The first kappa shape index (κ1) is 20.5. The summed E-state index contributed by atoms with van der Waals surface area (Å²) in [5.41, 5.74) is 2.93. The number of rotatable bonds is 8. The summed E-state index contributed by atoms with van der Waals surface area (Å²) in [6.45, 7) is 4.78. The van der Waals surface area contributed by atoms with Crippen molar-refractivity contribution in [1.82, 2.24) is 9.88 Å². The second-order valence-electron chi connectivity index (χ2n) is 7.12. The molecular weight excluding hydrogens is 338 g/mol. The molecule has 0 aliphatic carbocycles. The number of hydrogen-bond donors (Lipinski definition) is 1. The van der Waals surface area contributed by atoms with E-state index in [1.165, 1.54) is 6.08 Å². The van der Waals surface area contributed by atoms with Crippen LogP contribution in [0.2, 0.25) is 0 Å². The first-order chi connectivity index (χ1) is 12.9. The number of carbonyl (C=O) groups is 2. The quantitative estimate of drug-likeness (QED) is 0.572. The van der Waals surface area contributed by atoms with E-state index < -0.39 is 0 Å². The zero-order valence-corrected chi connectivity index (χ0v) is 16.3. The minimum absolute atomic E-state index is 0.120. The maximum Gasteiger partial charge on any atom is 0.249 e. The fraction of sp³-hybridized carbons (Fsp3) is 0.318. The van der Waals surface area contributed by atoms with Crippen molar-refractivity contribution in [2.24, 2.45) is 5.92 Å². The largest absolute Gasteiger partial charge is 0.307 e. The summed E-state index contributed by atoms with van der Waals surface area (Å²) in [4.78, 5) is 29.6. The van der Waals surface area contributed by atoms with E-state index in [1.807, 2.05) is 63.2 Å². The Kier molecular flexibility index (Phi) is 7.44. The molecule has 5 heteroatoms. The van der Waals surface area contributed by atoms with Crippen LogP contribution in [0.15, 0.2) is 54.7 Å². The SMILES string of the molecule is CC(C)C(C=O)c1cccc(-c2ccc(NC(=O)/C=C/CN(C)C)nc2)c1. The molecular formula is C22H27N3O2. The van der Waals surface area contributed by atoms with Crippen molar-refractivity contribution in [3.63, 3.8) is 0 Å². The topological polar surface area (TPSA) is 62.3 Å². The Labute approximate surface area is 161 Å². The minimum Gasteiger partial charge on any atom is -0.307 e. The molecule has 0 saturated carbocycles. The Balaban J connectivity index is 2.10. The van der Waals surface area contributed by atoms with Crippen molar-refractivity contribution >= 4 is 18.0 Å². The maximum absolute atomic E-state index is 11.9. The molecule has 1 unspecified atom stereocenters. The molecule has 0 saturated heterocycles. The molecule has 0 bridgehead atoms. The number of aromatic nitrogens is 1. The molecule has 0 fully saturated rings. The molecule has 0 aliphatic rings. The number of nitrogens with zero attached hydrogens (tertiary/aromatic N) is 2. The first-order valence-electron chi connectivity index (χ1n) is 9.04. The van der Waals surface area contributed by atoms with Gasteiger partial charge in [-0.15, -0.1) is 0 Å². The van der Waals surface area contributed by atoms with Gasteiger partial charge in [-0.2, -0.15) is 0 Å². The van der Waals surface area contributed by atoms with E-state index >= 15 is 0 Å². The third-order valence-corrected chi connectivity index (χ3v) is 4.22. The average Bonchev–Trinajstić information content (AvgIpc) is 2.62. The van der Waals surface area contributed by atoms with E-state index in [9.17, 15) is 9.59 Å². The van der Waals surface area contributed by atoms with E-state index in [0.717, 1.165) is 23.0 Å². The van der Waals surface area contributed by atoms with E-state index in [2.05, 4.69) is 10.3 Å². The predicted molar refractivity (Wildman–Crippen MR) is 110 cm³/mol. The van der Waals surface area contributed by atoms with Crippen molar-refractivity contribution in [3.05, 3.63) is 60.3 Å². The van der Waals surface area contributed by atoms with Crippen LogP contribution in [0, 0.1) is 5.92 Å². The normalized spacial score (nSPS) is 12.5. The van der Waals surface area contributed by atoms with Crippen molar-refractivity contribution in [2.75, 3.05) is 26.0 Å². The highest BCUT2D eigenvalue weighted by atomic mass is 16.1. The van der Waals surface area contributed by atoms with Crippen LogP contribution in [0.5, 0.6) is 0 Å². The molecule has 0 aliphatic heterocycles. The Bertz CT molecular complexity index is 795. The molecule has 1 aromatic heterocycles. The number of benzene rings is 1. The lowest BCUT2D eigenvalue weighted by Crippen LogP contribution is -2.13. The number of anilines is 1. The highest BCUT2D eigenvalue weighted by Gasteiger charge is 2.15. The van der Waals surface area contributed by atoms with Gasteiger partial charge in [-0.3, -0.25) is 4.79 Å². The van der Waals surface area contributed by atoms with E-state index in [1.54, 1.807) is 18.3 Å². The molecule has 1 aromatic carbocycles. The second-order valence-corrected chi connectivity index (χ2v) is 7.12. The molecule has 1 atom stereocenters. The molecule has 2 aromatic rings. The highest BCUT2D eigenvalue weighted by Crippen LogP contribution is 2.27. The van der Waals surface area contributed by atoms with Crippen LogP contribution in [0.4, 0.5) is 5.82 Å². The van der Waals surface area contributed by atoms with Gasteiger partial charge < -0.3 is 15.0 Å². The maximum atomic E-state index is 11.9. The second kappa shape index (κ2) is 9.78. The number of carbonyl (C=O) groups excluding carboxylic acids is 2. The average molecular weight is 365 g/mol. The number of nitrogens with one attached hydrogen (secondary N) is 1. The molecule has 2 rings (SSSR count). The number of likely N-dealkylation sites (N-methyl/N-ethyl adjacent to an activating group) is 1. The third-order valence-electron chi connectivity index (χ3n) is 4.22. The van der Waals surface area contributed by atoms with Gasteiger partial charge in [-0.05, 0) is 43.3 Å². The minimum atomic E-state index is -0.204. The van der Waals surface area contributed by atoms with Gasteiger partial charge in [0.05, 0.1) is 0 Å². The Morgan fingerprint density at radius 3 is 2.56 bits per heavy atom. The molecule has 1 heterocycles. The van der Waals surface area contributed by atoms with Crippen LogP contribution in [0.1, 0.15) is 25.3 Å². The van der Waals surface area contributed by atoms with Crippen molar-refractivity contribution in [2.45, 2.75) is 19.8 Å². The zero-order chi connectivity index (χ0) is 19.8. The number of pyridine rings is 1. The summed E-state index contributed by atoms with van der Waals surface area (Å²) in [7, 11) is 3.88. The summed E-state index contributed by atoms with van der Waals surface area (Å²) in [6.07, 6.45) is 6.03. The number of amides is 1. The predicted octanol–water partition coefficient (Wildman–Crippen LogP) is 3.74. The van der Waals surface area contributed by atoms with E-state index in [4.69, 9.17) is 0 Å². The summed E-state index contributed by atoms with van der Waals surface area (Å²) >= 11 is 0. The van der Waals surface area contributed by atoms with Crippen LogP contribution in [-0.2, 0) is 9.59 Å². The van der Waals surface area contributed by atoms with Crippen LogP contribution >= 0.6 is 0 Å². The lowest BCUT2D eigenvalue weighted by atomic mass is 9.88. The monoisotopic (exact) mass is 365 g/mol. The molecule has 0 radical (unpaired) electrons. The van der Waals surface area contributed by atoms with Gasteiger partial charge in [0, 0.05) is 30.3 Å². The molecule has 1 N–H and O–H groups in total. The Morgan fingerprint density at radius 2 is 1.96 bits per heavy atom. The van der Waals surface area contributed by atoms with Gasteiger partial charge in [0.2, 0.25) is 5.91 Å². The summed E-state index contributed by atoms with van der Waals surface area (Å²) in [5.74, 6) is 0.423. The fourth-order valence-electron chi connectivity index (χ4n) is 2.72. The summed E-state index contributed by atoms with van der Waals surface area (Å²) in [6, 6.07) is 11.6. The Hall–Kier alpha value is -2.79. The van der Waals surface area contributed by atoms with Gasteiger partial charge in [0.1, 0.15) is 12.1 Å². The van der Waals surface area contributed by atoms with Crippen LogP contribution in [0.3, 0.4) is 0 Å².